The summed E-state index contributed by atoms with van der Waals surface area (Å²) >= 11 is 5.58. The smallest absolute Gasteiger partial charge is 0.321 e. The Kier molecular flexibility index (Phi) is 4.93. The topological polar surface area (TPSA) is 59.8 Å². The third-order valence-corrected chi connectivity index (χ3v) is 4.18. The number of halogens is 4. The van der Waals surface area contributed by atoms with E-state index in [1.165, 1.54) is 18.3 Å². The fourth-order valence-corrected chi connectivity index (χ4v) is 2.82. The van der Waals surface area contributed by atoms with E-state index in [9.17, 15) is 18.0 Å². The number of hydrogen-bond donors (Lipinski definition) is 1. The highest BCUT2D eigenvalue weighted by molar-refractivity contribution is 6.31. The second-order valence-corrected chi connectivity index (χ2v) is 6.27. The molecule has 1 amide bonds. The number of fused-ring (bicyclic) bond motifs is 1. The van der Waals surface area contributed by atoms with Gasteiger partial charge in [-0.05, 0) is 36.8 Å². The first kappa shape index (κ1) is 18.9. The average molecular weight is 395 g/mol. The summed E-state index contributed by atoms with van der Waals surface area (Å²) in [5.41, 5.74) is 1.17. The van der Waals surface area contributed by atoms with E-state index in [2.05, 4.69) is 15.4 Å². The number of nitrogens with one attached hydrogen (secondary N) is 1. The van der Waals surface area contributed by atoms with Crippen LogP contribution in [0.1, 0.15) is 16.8 Å². The highest BCUT2D eigenvalue weighted by atomic mass is 35.5. The molecule has 0 radical (unpaired) electrons. The minimum absolute atomic E-state index is 0.207. The van der Waals surface area contributed by atoms with Crippen molar-refractivity contribution in [1.29, 1.82) is 0 Å². The van der Waals surface area contributed by atoms with Gasteiger partial charge in [0.25, 0.3) is 0 Å². The lowest BCUT2D eigenvalue weighted by molar-refractivity contribution is -0.137. The monoisotopic (exact) mass is 394 g/mol. The molecule has 2 heterocycles. The van der Waals surface area contributed by atoms with Crippen LogP contribution in [-0.2, 0) is 18.0 Å². The number of rotatable bonds is 3. The zero-order valence-corrected chi connectivity index (χ0v) is 15.1. The Bertz CT molecular complexity index is 1060. The SMILES string of the molecule is Cc1nn(C)c2ncc(NC(=O)C=Cc3ccc(Cl)c(C(F)(F)F)c3)cc12. The van der Waals surface area contributed by atoms with Crippen LogP contribution in [0, 0.1) is 6.92 Å². The van der Waals surface area contributed by atoms with Crippen molar-refractivity contribution in [3.63, 3.8) is 0 Å². The number of carbonyl (C=O) groups is 1. The van der Waals surface area contributed by atoms with E-state index in [1.54, 1.807) is 17.8 Å². The Morgan fingerprint density at radius 3 is 2.74 bits per heavy atom. The molecule has 0 saturated carbocycles. The molecule has 0 aliphatic rings. The molecule has 3 aromatic rings. The fourth-order valence-electron chi connectivity index (χ4n) is 2.60. The molecule has 1 aromatic carbocycles. The van der Waals surface area contributed by atoms with E-state index < -0.39 is 22.7 Å². The number of hydrogen-bond acceptors (Lipinski definition) is 3. The van der Waals surface area contributed by atoms with Gasteiger partial charge in [0, 0.05) is 18.5 Å². The molecule has 1 N–H and O–H groups in total. The van der Waals surface area contributed by atoms with Crippen molar-refractivity contribution in [3.8, 4) is 0 Å². The number of pyridine rings is 1. The fraction of sp³-hybridized carbons (Fsp3) is 0.167. The molecular formula is C18H14ClF3N4O. The minimum atomic E-state index is -4.56. The second-order valence-electron chi connectivity index (χ2n) is 5.86. The van der Waals surface area contributed by atoms with Gasteiger partial charge >= 0.3 is 6.18 Å². The number of amides is 1. The Hall–Kier alpha value is -2.87. The molecule has 0 aliphatic carbocycles. The quantitative estimate of drug-likeness (QED) is 0.660. The van der Waals surface area contributed by atoms with Crippen LogP contribution in [0.3, 0.4) is 0 Å². The van der Waals surface area contributed by atoms with Gasteiger partial charge in [-0.2, -0.15) is 18.3 Å². The summed E-state index contributed by atoms with van der Waals surface area (Å²) in [6, 6.07) is 5.16. The molecule has 0 aliphatic heterocycles. The molecule has 3 rings (SSSR count). The van der Waals surface area contributed by atoms with Gasteiger partial charge in [-0.3, -0.25) is 9.48 Å². The van der Waals surface area contributed by atoms with Crippen molar-refractivity contribution in [2.24, 2.45) is 7.05 Å². The third-order valence-electron chi connectivity index (χ3n) is 3.85. The molecule has 0 fully saturated rings. The third kappa shape index (κ3) is 4.11. The predicted octanol–water partition coefficient (Wildman–Crippen LogP) is 4.60. The van der Waals surface area contributed by atoms with Gasteiger partial charge in [0.2, 0.25) is 5.91 Å². The largest absolute Gasteiger partial charge is 0.417 e. The van der Waals surface area contributed by atoms with Crippen LogP contribution in [0.2, 0.25) is 5.02 Å². The Morgan fingerprint density at radius 2 is 2.04 bits per heavy atom. The van der Waals surface area contributed by atoms with Crippen molar-refractivity contribution in [2.75, 3.05) is 5.32 Å². The van der Waals surface area contributed by atoms with Crippen molar-refractivity contribution in [2.45, 2.75) is 13.1 Å². The molecule has 0 atom stereocenters. The number of anilines is 1. The zero-order chi connectivity index (χ0) is 19.8. The van der Waals surface area contributed by atoms with E-state index in [0.29, 0.717) is 11.3 Å². The van der Waals surface area contributed by atoms with Crippen molar-refractivity contribution in [3.05, 3.63) is 58.4 Å². The van der Waals surface area contributed by atoms with Crippen LogP contribution >= 0.6 is 11.6 Å². The van der Waals surface area contributed by atoms with Gasteiger partial charge < -0.3 is 5.32 Å². The predicted molar refractivity (Wildman–Crippen MR) is 97.4 cm³/mol. The summed E-state index contributed by atoms with van der Waals surface area (Å²) in [6.45, 7) is 1.83. The molecule has 0 unspecified atom stereocenters. The molecule has 9 heteroatoms. The van der Waals surface area contributed by atoms with Gasteiger partial charge in [0.15, 0.2) is 5.65 Å². The lowest BCUT2D eigenvalue weighted by Gasteiger charge is -2.09. The van der Waals surface area contributed by atoms with E-state index in [1.807, 2.05) is 6.92 Å². The molecule has 5 nitrogen and oxygen atoms in total. The van der Waals surface area contributed by atoms with Crippen molar-refractivity contribution < 1.29 is 18.0 Å². The van der Waals surface area contributed by atoms with Gasteiger partial charge in [-0.1, -0.05) is 17.7 Å². The second kappa shape index (κ2) is 7.03. The molecule has 0 bridgehead atoms. The van der Waals surface area contributed by atoms with Crippen LogP contribution in [-0.4, -0.2) is 20.7 Å². The van der Waals surface area contributed by atoms with Gasteiger partial charge in [-0.15, -0.1) is 0 Å². The molecule has 0 spiro atoms. The van der Waals surface area contributed by atoms with Crippen LogP contribution in [0.4, 0.5) is 18.9 Å². The van der Waals surface area contributed by atoms with E-state index in [0.717, 1.165) is 29.3 Å². The number of benzene rings is 1. The van der Waals surface area contributed by atoms with Crippen molar-refractivity contribution in [1.82, 2.24) is 14.8 Å². The van der Waals surface area contributed by atoms with Crippen LogP contribution in [0.15, 0.2) is 36.5 Å². The average Bonchev–Trinajstić information content (AvgIpc) is 2.87. The first-order valence-corrected chi connectivity index (χ1v) is 8.18. The number of carbonyl (C=O) groups excluding carboxylic acids is 1. The molecule has 2 aromatic heterocycles. The summed E-state index contributed by atoms with van der Waals surface area (Å²) in [7, 11) is 1.77. The lowest BCUT2D eigenvalue weighted by Crippen LogP contribution is -2.08. The van der Waals surface area contributed by atoms with Gasteiger partial charge in [0.1, 0.15) is 0 Å². The lowest BCUT2D eigenvalue weighted by atomic mass is 10.1. The first-order valence-electron chi connectivity index (χ1n) is 7.80. The highest BCUT2D eigenvalue weighted by Gasteiger charge is 2.33. The zero-order valence-electron chi connectivity index (χ0n) is 14.3. The summed E-state index contributed by atoms with van der Waals surface area (Å²) in [5, 5.41) is 7.27. The van der Waals surface area contributed by atoms with E-state index in [4.69, 9.17) is 11.6 Å². The Balaban J connectivity index is 1.77. The molecule has 27 heavy (non-hydrogen) atoms. The maximum Gasteiger partial charge on any atom is 0.417 e. The highest BCUT2D eigenvalue weighted by Crippen LogP contribution is 2.35. The van der Waals surface area contributed by atoms with Crippen molar-refractivity contribution >= 4 is 40.3 Å². The Labute approximate surface area is 157 Å². The summed E-state index contributed by atoms with van der Waals surface area (Å²) < 4.78 is 40.3. The summed E-state index contributed by atoms with van der Waals surface area (Å²) in [5.74, 6) is -0.499. The molecule has 140 valence electrons. The first-order chi connectivity index (χ1) is 12.6. The van der Waals surface area contributed by atoms with Crippen LogP contribution in [0.25, 0.3) is 17.1 Å². The van der Waals surface area contributed by atoms with Gasteiger partial charge in [0.05, 0.1) is 28.2 Å². The van der Waals surface area contributed by atoms with E-state index >= 15 is 0 Å². The normalized spacial score (nSPS) is 12.1. The number of nitrogens with zero attached hydrogens (tertiary/aromatic N) is 3. The van der Waals surface area contributed by atoms with E-state index in [-0.39, 0.29) is 5.56 Å². The van der Waals surface area contributed by atoms with Crippen LogP contribution < -0.4 is 5.32 Å². The standard InChI is InChI=1S/C18H14ClF3N4O/c1-10-13-8-12(9-23-17(13)26(2)25-10)24-16(27)6-4-11-3-5-15(19)14(7-11)18(20,21)22/h3-9H,1-2H3,(H,24,27). The molecular weight excluding hydrogens is 381 g/mol. The molecule has 0 saturated heterocycles. The summed E-state index contributed by atoms with van der Waals surface area (Å²) in [4.78, 5) is 16.3. The van der Waals surface area contributed by atoms with Gasteiger partial charge in [-0.25, -0.2) is 4.98 Å². The maximum atomic E-state index is 12.9. The number of alkyl halides is 3. The van der Waals surface area contributed by atoms with Crippen LogP contribution in [0.5, 0.6) is 0 Å². The summed E-state index contributed by atoms with van der Waals surface area (Å²) in [6.07, 6.45) is -0.656. The number of aryl methyl sites for hydroxylation is 2. The minimum Gasteiger partial charge on any atom is -0.321 e. The number of aromatic nitrogens is 3. The Morgan fingerprint density at radius 1 is 1.30 bits per heavy atom. The maximum absolute atomic E-state index is 12.9.